The van der Waals surface area contributed by atoms with Crippen molar-refractivity contribution >= 4 is 88.7 Å². The summed E-state index contributed by atoms with van der Waals surface area (Å²) < 4.78 is 0. The summed E-state index contributed by atoms with van der Waals surface area (Å²) in [6, 6.07) is 64.0. The highest BCUT2D eigenvalue weighted by Crippen LogP contribution is 2.51. The lowest BCUT2D eigenvalue weighted by Crippen LogP contribution is -2.41. The second-order valence-corrected chi connectivity index (χ2v) is 18.5. The van der Waals surface area contributed by atoms with E-state index in [2.05, 4.69) is 107 Å². The molecule has 0 aromatic heterocycles. The largest absolute Gasteiger partial charge is 0.289 e. The van der Waals surface area contributed by atoms with Gasteiger partial charge in [-0.1, -0.05) is 204 Å². The zero-order valence-electron chi connectivity index (χ0n) is 37.7. The van der Waals surface area contributed by atoms with Crippen LogP contribution in [0, 0.1) is 0 Å². The molecule has 1 heterocycles. The normalized spacial score (nSPS) is 14.2. The number of nitrogens with zero attached hydrogens (tertiary/aromatic N) is 1. The first-order chi connectivity index (χ1) is 32.7. The highest BCUT2D eigenvalue weighted by atomic mass is 16.2. The van der Waals surface area contributed by atoms with Crippen LogP contribution in [-0.4, -0.2) is 17.6 Å². The first-order valence-electron chi connectivity index (χ1n) is 23.2. The number of ketones is 1. The Morgan fingerprint density at radius 2 is 0.701 bits per heavy atom. The zero-order chi connectivity index (χ0) is 45.7. The zero-order valence-corrected chi connectivity index (χ0v) is 37.7. The van der Waals surface area contributed by atoms with Crippen molar-refractivity contribution in [3.05, 3.63) is 233 Å². The van der Waals surface area contributed by atoms with E-state index in [4.69, 9.17) is 0 Å². The molecule has 2 aliphatic rings. The van der Waals surface area contributed by atoms with Crippen LogP contribution in [0.4, 0.5) is 5.69 Å². The van der Waals surface area contributed by atoms with Crippen molar-refractivity contribution in [2.45, 2.75) is 39.5 Å². The molecule has 0 bridgehead atoms. The molecule has 0 atom stereocenters. The van der Waals surface area contributed by atoms with Gasteiger partial charge in [0.25, 0.3) is 11.8 Å². The molecule has 0 saturated carbocycles. The van der Waals surface area contributed by atoms with E-state index in [-0.39, 0.29) is 29.4 Å². The molecule has 320 valence electrons. The summed E-state index contributed by atoms with van der Waals surface area (Å²) in [6.45, 7) is 8.44. The van der Waals surface area contributed by atoms with Crippen LogP contribution in [0.15, 0.2) is 188 Å². The Labute approximate surface area is 389 Å². The van der Waals surface area contributed by atoms with Crippen molar-refractivity contribution in [1.29, 1.82) is 0 Å². The van der Waals surface area contributed by atoms with Gasteiger partial charge in [-0.3, -0.25) is 14.4 Å². The Balaban J connectivity index is 1.01. The molecule has 4 heteroatoms. The van der Waals surface area contributed by atoms with Crippen LogP contribution in [0.5, 0.6) is 0 Å². The molecular formula is C63H45NO3. The van der Waals surface area contributed by atoms with Crippen molar-refractivity contribution in [2.24, 2.45) is 0 Å². The molecule has 4 nitrogen and oxygen atoms in total. The number of fused-ring (bicyclic) bond motifs is 2. The summed E-state index contributed by atoms with van der Waals surface area (Å²) in [5, 5.41) is 8.10. The molecule has 0 unspecified atom stereocenters. The fourth-order valence-electron chi connectivity index (χ4n) is 11.1. The lowest BCUT2D eigenvalue weighted by Gasteiger charge is -2.32. The quantitative estimate of drug-likeness (QED) is 0.0869. The van der Waals surface area contributed by atoms with Crippen molar-refractivity contribution in [1.82, 2.24) is 0 Å². The predicted octanol–water partition coefficient (Wildman–Crippen LogP) is 15.6. The second-order valence-electron chi connectivity index (χ2n) is 18.5. The number of hydrogen-bond acceptors (Lipinski definition) is 3. The van der Waals surface area contributed by atoms with Gasteiger partial charge in [0.15, 0.2) is 5.78 Å². The Hall–Kier alpha value is -8.21. The Morgan fingerprint density at radius 1 is 0.313 bits per heavy atom. The van der Waals surface area contributed by atoms with Gasteiger partial charge in [0.05, 0.1) is 5.69 Å². The van der Waals surface area contributed by atoms with E-state index in [0.717, 1.165) is 98.7 Å². The monoisotopic (exact) mass is 863 g/mol. The van der Waals surface area contributed by atoms with Crippen LogP contribution >= 0.6 is 0 Å². The number of para-hydroxylation sites is 1. The van der Waals surface area contributed by atoms with E-state index < -0.39 is 0 Å². The third-order valence-electron chi connectivity index (χ3n) is 14.1. The summed E-state index contributed by atoms with van der Waals surface area (Å²) in [6.07, 6.45) is 0. The average Bonchev–Trinajstić information content (AvgIpc) is 3.68. The van der Waals surface area contributed by atoms with E-state index >= 15 is 0 Å². The second kappa shape index (κ2) is 15.5. The summed E-state index contributed by atoms with van der Waals surface area (Å²) in [5.74, 6) is -0.314. The maximum absolute atomic E-state index is 14.8. The van der Waals surface area contributed by atoms with Gasteiger partial charge in [-0.15, -0.1) is 0 Å². The molecule has 12 rings (SSSR count). The molecule has 67 heavy (non-hydrogen) atoms. The van der Waals surface area contributed by atoms with Crippen LogP contribution in [0.3, 0.4) is 0 Å². The van der Waals surface area contributed by atoms with Crippen molar-refractivity contribution < 1.29 is 14.4 Å². The van der Waals surface area contributed by atoms with E-state index in [1.165, 1.54) is 4.90 Å². The minimum absolute atomic E-state index is 0.0159. The molecule has 10 aromatic rings. The fourth-order valence-corrected chi connectivity index (χ4v) is 11.1. The number of carbonyl (C=O) groups is 3. The molecule has 1 aliphatic heterocycles. The van der Waals surface area contributed by atoms with Gasteiger partial charge in [0.1, 0.15) is 0 Å². The van der Waals surface area contributed by atoms with Gasteiger partial charge in [-0.2, -0.15) is 0 Å². The summed E-state index contributed by atoms with van der Waals surface area (Å²) in [4.78, 5) is 45.9. The lowest BCUT2D eigenvalue weighted by atomic mass is 9.83. The van der Waals surface area contributed by atoms with Gasteiger partial charge >= 0.3 is 0 Å². The fraction of sp³-hybridized carbons (Fsp3) is 0.0952. The first-order valence-corrected chi connectivity index (χ1v) is 23.2. The van der Waals surface area contributed by atoms with Crippen molar-refractivity contribution in [2.75, 3.05) is 4.90 Å². The maximum atomic E-state index is 14.8. The molecule has 0 saturated heterocycles. The van der Waals surface area contributed by atoms with Gasteiger partial charge in [-0.25, -0.2) is 4.90 Å². The van der Waals surface area contributed by atoms with Gasteiger partial charge in [0, 0.05) is 38.8 Å². The average molecular weight is 864 g/mol. The van der Waals surface area contributed by atoms with Crippen LogP contribution in [-0.2, 0) is 4.79 Å². The highest BCUT2D eigenvalue weighted by Gasteiger charge is 2.39. The van der Waals surface area contributed by atoms with E-state index in [9.17, 15) is 14.4 Å². The topological polar surface area (TPSA) is 54.5 Å². The van der Waals surface area contributed by atoms with E-state index in [0.29, 0.717) is 28.0 Å². The van der Waals surface area contributed by atoms with Gasteiger partial charge in [0.2, 0.25) is 0 Å². The summed E-state index contributed by atoms with van der Waals surface area (Å²) in [5.41, 5.74) is 12.9. The molecule has 1 aliphatic carbocycles. The number of carbonyl (C=O) groups excluding carboxylic acids is 3. The van der Waals surface area contributed by atoms with E-state index in [1.54, 1.807) is 0 Å². The Morgan fingerprint density at radius 3 is 1.19 bits per heavy atom. The molecule has 0 N–H and O–H groups in total. The van der Waals surface area contributed by atoms with Gasteiger partial charge < -0.3 is 0 Å². The third-order valence-corrected chi connectivity index (χ3v) is 14.1. The predicted molar refractivity (Wildman–Crippen MR) is 277 cm³/mol. The van der Waals surface area contributed by atoms with Crippen LogP contribution in [0.1, 0.15) is 93.6 Å². The minimum Gasteiger partial charge on any atom is -0.289 e. The number of amides is 2. The number of hydrogen-bond donors (Lipinski definition) is 0. The van der Waals surface area contributed by atoms with Crippen LogP contribution in [0.25, 0.3) is 76.5 Å². The SMILES string of the molecule is CC(C)c1cccc(C(C)C)c1N1C(=O)c2ccc3c4cccc5c(-c6ccc(C7=C(c8ccccc8)C(=O)C(c8ccccc8)=C7c7ccccc7)cc6)ccc(c6ccc(c2c36)C1=O)c54. The summed E-state index contributed by atoms with van der Waals surface area (Å²) in [7, 11) is 0. The molecule has 0 spiro atoms. The molecule has 0 fully saturated rings. The first kappa shape index (κ1) is 40.3. The number of Topliss-reactive ketones (excluding diaryl/α,β-unsaturated/α-hetero) is 1. The van der Waals surface area contributed by atoms with E-state index in [1.807, 2.05) is 109 Å². The molecule has 10 aromatic carbocycles. The maximum Gasteiger partial charge on any atom is 0.266 e. The molecule has 2 amide bonds. The Kier molecular flexibility index (Phi) is 9.30. The third kappa shape index (κ3) is 6.02. The van der Waals surface area contributed by atoms with Crippen molar-refractivity contribution in [3.63, 3.8) is 0 Å². The molecule has 0 radical (unpaired) electrons. The highest BCUT2D eigenvalue weighted by molar-refractivity contribution is 6.59. The minimum atomic E-state index is -0.282. The lowest BCUT2D eigenvalue weighted by molar-refractivity contribution is -0.108. The number of benzene rings is 10. The smallest absolute Gasteiger partial charge is 0.266 e. The molecular weight excluding hydrogens is 819 g/mol. The van der Waals surface area contributed by atoms with Gasteiger partial charge in [-0.05, 0) is 106 Å². The number of imide groups is 1. The number of allylic oxidation sites excluding steroid dienone is 4. The standard InChI is InChI=1S/C63H45NO3/c1-36(2)43-22-14-23-44(37(3)4)60(43)64-62(66)51-34-32-49-47-25-15-24-46-45(30-31-48(57(46)47)50-33-35-52(63(64)67)59(51)58(49)50)38-26-28-42(29-27-38)54-53(39-16-8-5-9-17-39)55(40-18-10-6-11-19-40)61(65)56(54)41-20-12-7-13-21-41/h5-37H,1-4H3. The van der Waals surface area contributed by atoms with Crippen LogP contribution in [0.2, 0.25) is 0 Å². The number of rotatable bonds is 8. The number of anilines is 1. The van der Waals surface area contributed by atoms with Crippen molar-refractivity contribution in [3.8, 4) is 11.1 Å². The Bertz CT molecular complexity index is 3670. The summed E-state index contributed by atoms with van der Waals surface area (Å²) >= 11 is 0. The van der Waals surface area contributed by atoms with Crippen LogP contribution < -0.4 is 4.90 Å².